The van der Waals surface area contributed by atoms with Crippen LogP contribution in [0.3, 0.4) is 0 Å². The van der Waals surface area contributed by atoms with Crippen LogP contribution in [0.4, 0.5) is 10.5 Å². The van der Waals surface area contributed by atoms with Gasteiger partial charge in [-0.1, -0.05) is 26.0 Å². The molecule has 0 N–H and O–H groups in total. The summed E-state index contributed by atoms with van der Waals surface area (Å²) in [6, 6.07) is 7.15. The molecule has 0 radical (unpaired) electrons. The highest BCUT2D eigenvalue weighted by Crippen LogP contribution is 2.21. The van der Waals surface area contributed by atoms with E-state index in [2.05, 4.69) is 18.7 Å². The van der Waals surface area contributed by atoms with E-state index < -0.39 is 17.8 Å². The Balaban J connectivity index is 2.27. The number of imide groups is 2. The fourth-order valence-corrected chi connectivity index (χ4v) is 2.83. The summed E-state index contributed by atoms with van der Waals surface area (Å²) < 4.78 is 0. The van der Waals surface area contributed by atoms with E-state index in [9.17, 15) is 14.4 Å². The molecule has 25 heavy (non-hydrogen) atoms. The second-order valence-electron chi connectivity index (χ2n) is 6.15. The Morgan fingerprint density at radius 1 is 0.880 bits per heavy atom. The maximum Gasteiger partial charge on any atom is 0.333 e. The van der Waals surface area contributed by atoms with Gasteiger partial charge < -0.3 is 4.90 Å². The number of carbonyl (C=O) groups is 3. The molecule has 1 aliphatic rings. The molecule has 0 atom stereocenters. The molecule has 1 saturated heterocycles. The number of benzene rings is 1. The van der Waals surface area contributed by atoms with Crippen molar-refractivity contribution in [1.82, 2.24) is 9.80 Å². The average molecular weight is 343 g/mol. The largest absolute Gasteiger partial charge is 0.372 e. The molecule has 1 aromatic rings. The van der Waals surface area contributed by atoms with Crippen molar-refractivity contribution in [2.45, 2.75) is 26.7 Å². The molecule has 2 rings (SSSR count). The van der Waals surface area contributed by atoms with Gasteiger partial charge in [-0.25, -0.2) is 4.79 Å². The van der Waals surface area contributed by atoms with E-state index in [1.54, 1.807) is 0 Å². The first-order valence-electron chi connectivity index (χ1n) is 8.57. The van der Waals surface area contributed by atoms with Gasteiger partial charge >= 0.3 is 6.03 Å². The van der Waals surface area contributed by atoms with Crippen LogP contribution in [-0.2, 0) is 9.59 Å². The first kappa shape index (κ1) is 18.7. The number of anilines is 1. The van der Waals surface area contributed by atoms with Gasteiger partial charge in [0.15, 0.2) is 0 Å². The van der Waals surface area contributed by atoms with Crippen molar-refractivity contribution in [3.8, 4) is 0 Å². The number of hydrogen-bond donors (Lipinski definition) is 0. The van der Waals surface area contributed by atoms with Crippen molar-refractivity contribution >= 4 is 29.6 Å². The Morgan fingerprint density at radius 2 is 1.36 bits per heavy atom. The van der Waals surface area contributed by atoms with E-state index in [1.165, 1.54) is 20.2 Å². The van der Waals surface area contributed by atoms with Gasteiger partial charge in [0.2, 0.25) is 0 Å². The Labute approximate surface area is 148 Å². The van der Waals surface area contributed by atoms with Crippen LogP contribution in [0.2, 0.25) is 0 Å². The van der Waals surface area contributed by atoms with Crippen LogP contribution in [0.1, 0.15) is 32.3 Å². The average Bonchev–Trinajstić information content (AvgIpc) is 2.62. The third-order valence-corrected chi connectivity index (χ3v) is 4.20. The third kappa shape index (κ3) is 3.90. The lowest BCUT2D eigenvalue weighted by Crippen LogP contribution is -2.52. The summed E-state index contributed by atoms with van der Waals surface area (Å²) in [5.41, 5.74) is 1.87. The molecule has 4 amide bonds. The van der Waals surface area contributed by atoms with Crippen molar-refractivity contribution < 1.29 is 14.4 Å². The van der Waals surface area contributed by atoms with Gasteiger partial charge in [-0.15, -0.1) is 0 Å². The first-order valence-corrected chi connectivity index (χ1v) is 8.57. The second kappa shape index (κ2) is 7.96. The molecule has 6 heteroatoms. The lowest BCUT2D eigenvalue weighted by molar-refractivity contribution is -0.134. The molecule has 0 aliphatic carbocycles. The molecule has 1 aromatic carbocycles. The van der Waals surface area contributed by atoms with E-state index in [1.807, 2.05) is 24.3 Å². The molecule has 1 aliphatic heterocycles. The van der Waals surface area contributed by atoms with Gasteiger partial charge in [-0.2, -0.15) is 0 Å². The molecule has 1 heterocycles. The molecule has 0 saturated carbocycles. The number of likely N-dealkylation sites (N-methyl/N-ethyl adjacent to an activating group) is 2. The smallest absolute Gasteiger partial charge is 0.333 e. The van der Waals surface area contributed by atoms with Crippen LogP contribution in [-0.4, -0.2) is 54.8 Å². The summed E-state index contributed by atoms with van der Waals surface area (Å²) in [5.74, 6) is -1.15. The van der Waals surface area contributed by atoms with E-state index in [0.29, 0.717) is 0 Å². The Hall–Kier alpha value is -2.63. The van der Waals surface area contributed by atoms with Crippen molar-refractivity contribution in [2.24, 2.45) is 0 Å². The second-order valence-corrected chi connectivity index (χ2v) is 6.15. The zero-order valence-electron chi connectivity index (χ0n) is 15.3. The summed E-state index contributed by atoms with van der Waals surface area (Å²) in [6.07, 6.45) is 3.68. The minimum absolute atomic E-state index is 0.00341. The van der Waals surface area contributed by atoms with Crippen LogP contribution < -0.4 is 4.90 Å². The van der Waals surface area contributed by atoms with E-state index >= 15 is 0 Å². The topological polar surface area (TPSA) is 60.9 Å². The highest BCUT2D eigenvalue weighted by atomic mass is 16.2. The van der Waals surface area contributed by atoms with E-state index in [4.69, 9.17) is 0 Å². The Morgan fingerprint density at radius 3 is 1.80 bits per heavy atom. The van der Waals surface area contributed by atoms with Crippen molar-refractivity contribution in [2.75, 3.05) is 32.1 Å². The van der Waals surface area contributed by atoms with E-state index in [0.717, 1.165) is 47.0 Å². The van der Waals surface area contributed by atoms with Crippen molar-refractivity contribution in [1.29, 1.82) is 0 Å². The lowest BCUT2D eigenvalue weighted by Gasteiger charge is -2.29. The fraction of sp³-hybridized carbons (Fsp3) is 0.421. The maximum atomic E-state index is 12.2. The normalized spacial score (nSPS) is 15.0. The molecular weight excluding hydrogens is 318 g/mol. The van der Waals surface area contributed by atoms with Gasteiger partial charge in [-0.05, 0) is 36.6 Å². The van der Waals surface area contributed by atoms with Crippen LogP contribution in [0.25, 0.3) is 6.08 Å². The van der Waals surface area contributed by atoms with Gasteiger partial charge in [0.25, 0.3) is 11.8 Å². The standard InChI is InChI=1S/C19H25N3O3/c1-5-11-22(12-6-2)15-9-7-14(8-10-15)13-16-17(23)20(3)19(25)21(4)18(16)24/h7-10,13H,5-6,11-12H2,1-4H3. The van der Waals surface area contributed by atoms with Gasteiger partial charge in [0, 0.05) is 32.9 Å². The molecule has 0 aromatic heterocycles. The molecule has 0 bridgehead atoms. The Kier molecular flexibility index (Phi) is 5.96. The molecular formula is C19H25N3O3. The highest BCUT2D eigenvalue weighted by molar-refractivity contribution is 6.30. The van der Waals surface area contributed by atoms with Crippen LogP contribution in [0.15, 0.2) is 29.8 Å². The van der Waals surface area contributed by atoms with Crippen LogP contribution in [0.5, 0.6) is 0 Å². The van der Waals surface area contributed by atoms with Gasteiger partial charge in [0.05, 0.1) is 0 Å². The molecule has 0 spiro atoms. The summed E-state index contributed by atoms with van der Waals surface area (Å²) in [5, 5.41) is 0. The zero-order chi connectivity index (χ0) is 18.6. The number of carbonyl (C=O) groups excluding carboxylic acids is 3. The minimum Gasteiger partial charge on any atom is -0.372 e. The Bertz CT molecular complexity index is 662. The van der Waals surface area contributed by atoms with Crippen LogP contribution >= 0.6 is 0 Å². The first-order chi connectivity index (χ1) is 11.9. The predicted octanol–water partition coefficient (Wildman–Crippen LogP) is 2.75. The summed E-state index contributed by atoms with van der Waals surface area (Å²) in [7, 11) is 2.75. The minimum atomic E-state index is -0.614. The number of barbiturate groups is 1. The third-order valence-electron chi connectivity index (χ3n) is 4.20. The zero-order valence-corrected chi connectivity index (χ0v) is 15.3. The SMILES string of the molecule is CCCN(CCC)c1ccc(C=C2C(=O)N(C)C(=O)N(C)C2=O)cc1. The predicted molar refractivity (Wildman–Crippen MR) is 98.2 cm³/mol. The number of hydrogen-bond acceptors (Lipinski definition) is 4. The quantitative estimate of drug-likeness (QED) is 0.589. The lowest BCUT2D eigenvalue weighted by atomic mass is 10.1. The van der Waals surface area contributed by atoms with Crippen molar-refractivity contribution in [3.05, 3.63) is 35.4 Å². The maximum absolute atomic E-state index is 12.2. The molecule has 1 fully saturated rings. The van der Waals surface area contributed by atoms with Gasteiger partial charge in [0.1, 0.15) is 5.57 Å². The number of urea groups is 1. The molecule has 0 unspecified atom stereocenters. The molecule has 134 valence electrons. The van der Waals surface area contributed by atoms with Gasteiger partial charge in [-0.3, -0.25) is 19.4 Å². The number of amides is 4. The number of nitrogens with zero attached hydrogens (tertiary/aromatic N) is 3. The summed E-state index contributed by atoms with van der Waals surface area (Å²) in [4.78, 5) is 40.4. The van der Waals surface area contributed by atoms with Crippen LogP contribution in [0, 0.1) is 0 Å². The number of rotatable bonds is 6. The monoisotopic (exact) mass is 343 g/mol. The van der Waals surface area contributed by atoms with E-state index in [-0.39, 0.29) is 5.57 Å². The fourth-order valence-electron chi connectivity index (χ4n) is 2.83. The molecule has 6 nitrogen and oxygen atoms in total. The summed E-state index contributed by atoms with van der Waals surface area (Å²) in [6.45, 7) is 6.28. The highest BCUT2D eigenvalue weighted by Gasteiger charge is 2.37. The van der Waals surface area contributed by atoms with Crippen molar-refractivity contribution in [3.63, 3.8) is 0 Å². The summed E-state index contributed by atoms with van der Waals surface area (Å²) >= 11 is 0.